The van der Waals surface area contributed by atoms with Gasteiger partial charge in [-0.3, -0.25) is 9.59 Å². The number of hydrogen-bond acceptors (Lipinski definition) is 6. The van der Waals surface area contributed by atoms with Gasteiger partial charge in [-0.25, -0.2) is 13.8 Å². The standard InChI is InChI=1S/C22H18F2N4O2.C4H10N2O/c1-11-3-18-15(4-12(11)10-29)16-9-27(2)22(30)20-19(16)13(6-25-20)8-28(18)21-17(24)5-14(23)7-26-21;5-2-1-3-6-4-7/h3-7,9,25,29H,8,10H2,1-2H3;4H,1-3,5H2,(H,6,7). The van der Waals surface area contributed by atoms with E-state index in [9.17, 15) is 23.5 Å². The number of nitrogens with one attached hydrogen (secondary N) is 2. The number of carbonyl (C=O) groups excluding carboxylic acids is 1. The second kappa shape index (κ2) is 10.9. The molecule has 1 aliphatic heterocycles. The van der Waals surface area contributed by atoms with Crippen molar-refractivity contribution >= 4 is 28.8 Å². The number of pyridine rings is 2. The molecule has 3 aromatic heterocycles. The number of aliphatic hydroxyl groups excluding tert-OH is 1. The monoisotopic (exact) mass is 510 g/mol. The first-order chi connectivity index (χ1) is 17.8. The molecule has 0 saturated heterocycles. The Labute approximate surface area is 211 Å². The zero-order valence-electron chi connectivity index (χ0n) is 20.5. The average Bonchev–Trinajstić information content (AvgIpc) is 3.25. The fourth-order valence-electron chi connectivity index (χ4n) is 4.42. The third kappa shape index (κ3) is 4.95. The van der Waals surface area contributed by atoms with Gasteiger partial charge in [-0.15, -0.1) is 0 Å². The molecule has 1 aliphatic rings. The van der Waals surface area contributed by atoms with Crippen molar-refractivity contribution in [2.75, 3.05) is 18.0 Å². The third-order valence-corrected chi connectivity index (χ3v) is 6.27. The number of benzene rings is 1. The Hall–Kier alpha value is -4.09. The molecule has 37 heavy (non-hydrogen) atoms. The molecule has 0 spiro atoms. The van der Waals surface area contributed by atoms with Gasteiger partial charge in [0.2, 0.25) is 6.41 Å². The molecule has 4 aromatic rings. The summed E-state index contributed by atoms with van der Waals surface area (Å²) < 4.78 is 29.7. The minimum absolute atomic E-state index is 0.0114. The second-order valence-corrected chi connectivity index (χ2v) is 8.74. The van der Waals surface area contributed by atoms with Crippen molar-refractivity contribution in [3.8, 4) is 11.1 Å². The fourth-order valence-corrected chi connectivity index (χ4v) is 4.42. The van der Waals surface area contributed by atoms with Gasteiger partial charge >= 0.3 is 0 Å². The molecule has 0 radical (unpaired) electrons. The fraction of sp³-hybridized carbons (Fsp3) is 0.269. The van der Waals surface area contributed by atoms with E-state index in [-0.39, 0.29) is 24.5 Å². The average molecular weight is 511 g/mol. The zero-order valence-corrected chi connectivity index (χ0v) is 20.5. The summed E-state index contributed by atoms with van der Waals surface area (Å²) in [5.74, 6) is -1.55. The smallest absolute Gasteiger partial charge is 0.274 e. The van der Waals surface area contributed by atoms with E-state index in [1.807, 2.05) is 19.1 Å². The molecule has 0 saturated carbocycles. The summed E-state index contributed by atoms with van der Waals surface area (Å²) >= 11 is 0. The van der Waals surface area contributed by atoms with Crippen LogP contribution in [0.15, 0.2) is 41.6 Å². The van der Waals surface area contributed by atoms with E-state index < -0.39 is 11.6 Å². The highest BCUT2D eigenvalue weighted by atomic mass is 19.1. The number of H-pyrrole nitrogens is 1. The summed E-state index contributed by atoms with van der Waals surface area (Å²) in [4.78, 5) is 30.9. The number of aromatic nitrogens is 3. The Morgan fingerprint density at radius 1 is 1.27 bits per heavy atom. The summed E-state index contributed by atoms with van der Waals surface area (Å²) in [6, 6.07) is 4.51. The highest BCUT2D eigenvalue weighted by Gasteiger charge is 2.28. The van der Waals surface area contributed by atoms with Gasteiger partial charge in [0.1, 0.15) is 11.3 Å². The largest absolute Gasteiger partial charge is 0.392 e. The number of amides is 1. The van der Waals surface area contributed by atoms with Crippen LogP contribution in [0.4, 0.5) is 20.3 Å². The van der Waals surface area contributed by atoms with Crippen LogP contribution in [0.25, 0.3) is 22.0 Å². The van der Waals surface area contributed by atoms with E-state index in [4.69, 9.17) is 5.73 Å². The van der Waals surface area contributed by atoms with E-state index in [0.717, 1.165) is 51.9 Å². The van der Waals surface area contributed by atoms with Crippen LogP contribution < -0.4 is 21.5 Å². The predicted molar refractivity (Wildman–Crippen MR) is 137 cm³/mol. The van der Waals surface area contributed by atoms with Crippen molar-refractivity contribution in [2.45, 2.75) is 26.5 Å². The van der Waals surface area contributed by atoms with Gasteiger partial charge in [-0.05, 0) is 48.7 Å². The lowest BCUT2D eigenvalue weighted by molar-refractivity contribution is -0.109. The quantitative estimate of drug-likeness (QED) is 0.233. The lowest BCUT2D eigenvalue weighted by Gasteiger charge is -2.26. The molecular formula is C26H28F2N6O3. The van der Waals surface area contributed by atoms with E-state index in [2.05, 4.69) is 15.3 Å². The second-order valence-electron chi connectivity index (χ2n) is 8.74. The number of carbonyl (C=O) groups is 1. The van der Waals surface area contributed by atoms with E-state index >= 15 is 0 Å². The molecule has 194 valence electrons. The van der Waals surface area contributed by atoms with Gasteiger partial charge < -0.3 is 30.6 Å². The Balaban J connectivity index is 0.000000405. The number of halogens is 2. The molecule has 11 heteroatoms. The normalized spacial score (nSPS) is 12.0. The Morgan fingerprint density at radius 2 is 2.05 bits per heavy atom. The number of hydrogen-bond donors (Lipinski definition) is 4. The first-order valence-electron chi connectivity index (χ1n) is 11.7. The summed E-state index contributed by atoms with van der Waals surface area (Å²) in [7, 11) is 1.67. The van der Waals surface area contributed by atoms with Crippen LogP contribution in [0.1, 0.15) is 23.1 Å². The van der Waals surface area contributed by atoms with E-state index in [1.165, 1.54) is 4.57 Å². The third-order valence-electron chi connectivity index (χ3n) is 6.27. The molecule has 1 amide bonds. The van der Waals surface area contributed by atoms with Crippen molar-refractivity contribution in [1.82, 2.24) is 19.9 Å². The number of rotatable bonds is 6. The molecule has 5 N–H and O–H groups in total. The highest BCUT2D eigenvalue weighted by molar-refractivity contribution is 6.02. The molecule has 0 bridgehead atoms. The number of fused-ring (bicyclic) bond motifs is 2. The van der Waals surface area contributed by atoms with Crippen molar-refractivity contribution in [2.24, 2.45) is 12.8 Å². The maximum Gasteiger partial charge on any atom is 0.274 e. The lowest BCUT2D eigenvalue weighted by Crippen LogP contribution is -2.19. The summed E-state index contributed by atoms with van der Waals surface area (Å²) in [5, 5.41) is 13.0. The highest BCUT2D eigenvalue weighted by Crippen LogP contribution is 2.44. The molecule has 1 aromatic carbocycles. The Bertz CT molecular complexity index is 1510. The number of aromatic amines is 1. The SMILES string of the molecule is Cc1cc2c(cc1CO)-c1cn(C)c(=O)c3[nH]cc(c13)CN2c1ncc(F)cc1F.NCCCNC=O. The number of anilines is 2. The minimum atomic E-state index is -0.780. The Kier molecular flexibility index (Phi) is 7.65. The van der Waals surface area contributed by atoms with Crippen LogP contribution in [0.5, 0.6) is 0 Å². The maximum absolute atomic E-state index is 14.7. The molecular weight excluding hydrogens is 482 g/mol. The van der Waals surface area contributed by atoms with Crippen LogP contribution in [0, 0.1) is 18.6 Å². The Morgan fingerprint density at radius 3 is 2.73 bits per heavy atom. The molecule has 5 rings (SSSR count). The maximum atomic E-state index is 14.7. The molecule has 9 nitrogen and oxygen atoms in total. The predicted octanol–water partition coefficient (Wildman–Crippen LogP) is 2.74. The molecule has 0 fully saturated rings. The minimum Gasteiger partial charge on any atom is -0.392 e. The van der Waals surface area contributed by atoms with Crippen molar-refractivity contribution < 1.29 is 18.7 Å². The summed E-state index contributed by atoms with van der Waals surface area (Å²) in [6.45, 7) is 3.28. The first-order valence-corrected chi connectivity index (χ1v) is 11.7. The molecule has 0 unspecified atom stereocenters. The van der Waals surface area contributed by atoms with Crippen LogP contribution in [-0.2, 0) is 25.0 Å². The van der Waals surface area contributed by atoms with Gasteiger partial charge in [-0.1, -0.05) is 0 Å². The van der Waals surface area contributed by atoms with E-state index in [1.54, 1.807) is 24.3 Å². The van der Waals surface area contributed by atoms with Crippen molar-refractivity contribution in [3.05, 3.63) is 75.5 Å². The lowest BCUT2D eigenvalue weighted by atomic mass is 9.96. The van der Waals surface area contributed by atoms with Crippen LogP contribution in [-0.4, -0.2) is 39.1 Å². The van der Waals surface area contributed by atoms with Crippen LogP contribution >= 0.6 is 0 Å². The number of aryl methyl sites for hydroxylation is 2. The number of nitrogens with zero attached hydrogens (tertiary/aromatic N) is 3. The van der Waals surface area contributed by atoms with Gasteiger partial charge in [-0.2, -0.15) is 0 Å². The molecule has 0 atom stereocenters. The summed E-state index contributed by atoms with van der Waals surface area (Å²) in [5.41, 5.74) is 9.93. The molecule has 4 heterocycles. The van der Waals surface area contributed by atoms with Gasteiger partial charge in [0.15, 0.2) is 11.6 Å². The van der Waals surface area contributed by atoms with Crippen LogP contribution in [0.3, 0.4) is 0 Å². The number of nitrogens with two attached hydrogens (primary N) is 1. The van der Waals surface area contributed by atoms with Crippen molar-refractivity contribution in [3.63, 3.8) is 0 Å². The topological polar surface area (TPSA) is 129 Å². The summed E-state index contributed by atoms with van der Waals surface area (Å²) in [6.07, 6.45) is 5.99. The van der Waals surface area contributed by atoms with Gasteiger partial charge in [0.05, 0.1) is 25.0 Å². The number of aliphatic hydroxyl groups is 1. The van der Waals surface area contributed by atoms with Crippen LogP contribution in [0.2, 0.25) is 0 Å². The first kappa shape index (κ1) is 26.0. The van der Waals surface area contributed by atoms with Crippen molar-refractivity contribution in [1.29, 1.82) is 0 Å². The molecule has 0 aliphatic carbocycles. The van der Waals surface area contributed by atoms with E-state index in [0.29, 0.717) is 30.7 Å². The van der Waals surface area contributed by atoms with Gasteiger partial charge in [0, 0.05) is 48.6 Å². The van der Waals surface area contributed by atoms with Gasteiger partial charge in [0.25, 0.3) is 5.56 Å². The zero-order chi connectivity index (χ0) is 26.7.